The normalized spacial score (nSPS) is 16.7. The Hall–Kier alpha value is -1.83. The first-order valence-electron chi connectivity index (χ1n) is 7.58. The lowest BCUT2D eigenvalue weighted by atomic mass is 10.2. The van der Waals surface area contributed by atoms with Crippen molar-refractivity contribution in [3.63, 3.8) is 0 Å². The van der Waals surface area contributed by atoms with Crippen molar-refractivity contribution < 1.29 is 19.1 Å². The molecule has 1 aromatic carbocycles. The van der Waals surface area contributed by atoms with E-state index in [1.165, 1.54) is 4.90 Å². The summed E-state index contributed by atoms with van der Waals surface area (Å²) >= 11 is 0. The van der Waals surface area contributed by atoms with Crippen LogP contribution in [0, 0.1) is 0 Å². The van der Waals surface area contributed by atoms with Gasteiger partial charge < -0.3 is 25.0 Å². The van der Waals surface area contributed by atoms with E-state index in [-0.39, 0.29) is 30.8 Å². The number of nitrogens with zero attached hydrogens (tertiary/aromatic N) is 1. The maximum Gasteiger partial charge on any atom is 0.259 e. The Bertz CT molecular complexity index is 548. The van der Waals surface area contributed by atoms with Crippen molar-refractivity contribution in [3.8, 4) is 5.75 Å². The minimum atomic E-state index is -0.444. The summed E-state index contributed by atoms with van der Waals surface area (Å²) in [5.74, 6) is 0.361. The number of morpholine rings is 1. The molecule has 1 aliphatic rings. The Morgan fingerprint density at radius 2 is 2.21 bits per heavy atom. The van der Waals surface area contributed by atoms with Gasteiger partial charge in [0.25, 0.3) is 11.8 Å². The predicted octanol–water partition coefficient (Wildman–Crippen LogP) is 0.180. The van der Waals surface area contributed by atoms with Crippen LogP contribution in [0.4, 0.5) is 0 Å². The summed E-state index contributed by atoms with van der Waals surface area (Å²) in [5, 5.41) is 5.96. The van der Waals surface area contributed by atoms with Crippen molar-refractivity contribution in [2.45, 2.75) is 12.6 Å². The monoisotopic (exact) mass is 357 g/mol. The zero-order valence-electron chi connectivity index (χ0n) is 13.9. The van der Waals surface area contributed by atoms with E-state index in [1.54, 1.807) is 20.2 Å². The van der Waals surface area contributed by atoms with Crippen molar-refractivity contribution in [1.82, 2.24) is 15.5 Å². The Labute approximate surface area is 148 Å². The molecule has 8 heteroatoms. The van der Waals surface area contributed by atoms with Crippen LogP contribution in [0.3, 0.4) is 0 Å². The molecule has 1 aromatic rings. The van der Waals surface area contributed by atoms with E-state index in [0.717, 1.165) is 12.1 Å². The summed E-state index contributed by atoms with van der Waals surface area (Å²) in [6, 6.07) is 7.31. The topological polar surface area (TPSA) is 79.9 Å². The summed E-state index contributed by atoms with van der Waals surface area (Å²) in [6.07, 6.45) is -0.444. The lowest BCUT2D eigenvalue weighted by Crippen LogP contribution is -2.47. The summed E-state index contributed by atoms with van der Waals surface area (Å²) in [6.45, 7) is 2.22. The van der Waals surface area contributed by atoms with Crippen molar-refractivity contribution >= 4 is 24.2 Å². The largest absolute Gasteiger partial charge is 0.484 e. The fraction of sp³-hybridized carbons (Fsp3) is 0.500. The van der Waals surface area contributed by atoms with Crippen LogP contribution < -0.4 is 15.4 Å². The van der Waals surface area contributed by atoms with Gasteiger partial charge in [0.2, 0.25) is 0 Å². The maximum absolute atomic E-state index is 12.0. The van der Waals surface area contributed by atoms with Crippen molar-refractivity contribution in [2.75, 3.05) is 40.4 Å². The molecule has 1 aliphatic heterocycles. The number of nitrogens with one attached hydrogen (secondary N) is 2. The summed E-state index contributed by atoms with van der Waals surface area (Å²) in [7, 11) is 3.36. The van der Waals surface area contributed by atoms with Gasteiger partial charge in [-0.1, -0.05) is 12.1 Å². The number of carbonyl (C=O) groups is 2. The molecule has 0 aliphatic carbocycles. The Kier molecular flexibility index (Phi) is 8.53. The molecule has 0 saturated carbocycles. The van der Waals surface area contributed by atoms with Gasteiger partial charge in [-0.25, -0.2) is 0 Å². The van der Waals surface area contributed by atoms with E-state index in [4.69, 9.17) is 9.47 Å². The van der Waals surface area contributed by atoms with Crippen LogP contribution in [0.2, 0.25) is 0 Å². The first-order chi connectivity index (χ1) is 11.1. The molecule has 1 heterocycles. The molecule has 1 fully saturated rings. The van der Waals surface area contributed by atoms with Crippen molar-refractivity contribution in [3.05, 3.63) is 29.8 Å². The molecular formula is C16H24ClN3O4. The van der Waals surface area contributed by atoms with Gasteiger partial charge in [0.15, 0.2) is 6.61 Å². The Balaban J connectivity index is 0.00000288. The second-order valence-corrected chi connectivity index (χ2v) is 5.51. The fourth-order valence-corrected chi connectivity index (χ4v) is 2.06. The average molecular weight is 358 g/mol. The molecule has 134 valence electrons. The molecule has 0 spiro atoms. The number of halogens is 1. The minimum absolute atomic E-state index is 0. The number of hydrogen-bond donors (Lipinski definition) is 2. The highest BCUT2D eigenvalue weighted by molar-refractivity contribution is 5.85. The number of carbonyl (C=O) groups excluding carboxylic acids is 2. The Morgan fingerprint density at radius 1 is 1.42 bits per heavy atom. The van der Waals surface area contributed by atoms with Gasteiger partial charge in [-0.05, 0) is 17.7 Å². The average Bonchev–Trinajstić information content (AvgIpc) is 2.58. The van der Waals surface area contributed by atoms with E-state index in [2.05, 4.69) is 10.6 Å². The van der Waals surface area contributed by atoms with E-state index >= 15 is 0 Å². The van der Waals surface area contributed by atoms with Crippen molar-refractivity contribution in [1.29, 1.82) is 0 Å². The molecule has 1 unspecified atom stereocenters. The number of hydrogen-bond acceptors (Lipinski definition) is 5. The van der Waals surface area contributed by atoms with Crippen LogP contribution in [-0.2, 0) is 20.9 Å². The van der Waals surface area contributed by atoms with Gasteiger partial charge in [0, 0.05) is 33.7 Å². The first kappa shape index (κ1) is 20.2. The van der Waals surface area contributed by atoms with Gasteiger partial charge in [-0.15, -0.1) is 12.4 Å². The lowest BCUT2D eigenvalue weighted by molar-refractivity contribution is -0.134. The zero-order valence-corrected chi connectivity index (χ0v) is 14.7. The number of benzene rings is 1. The van der Waals surface area contributed by atoms with E-state index < -0.39 is 6.10 Å². The fourth-order valence-electron chi connectivity index (χ4n) is 2.06. The second-order valence-electron chi connectivity index (χ2n) is 5.51. The summed E-state index contributed by atoms with van der Waals surface area (Å²) in [4.78, 5) is 25.0. The van der Waals surface area contributed by atoms with Gasteiger partial charge >= 0.3 is 0 Å². The molecule has 2 amide bonds. The minimum Gasteiger partial charge on any atom is -0.484 e. The van der Waals surface area contributed by atoms with Crippen LogP contribution in [0.1, 0.15) is 5.56 Å². The van der Waals surface area contributed by atoms with Crippen LogP contribution in [0.5, 0.6) is 5.75 Å². The molecule has 0 radical (unpaired) electrons. The standard InChI is InChI=1S/C16H23N3O4.ClH/c1-19(2)15(20)11-23-13-5-3-4-12(8-13)9-18-16(21)14-10-17-6-7-22-14;/h3-5,8,14,17H,6-7,9-11H2,1-2H3,(H,18,21);1H. The van der Waals surface area contributed by atoms with E-state index in [9.17, 15) is 9.59 Å². The van der Waals surface area contributed by atoms with E-state index in [0.29, 0.717) is 25.4 Å². The zero-order chi connectivity index (χ0) is 16.7. The lowest BCUT2D eigenvalue weighted by Gasteiger charge is -2.22. The van der Waals surface area contributed by atoms with Gasteiger partial charge in [0.1, 0.15) is 11.9 Å². The van der Waals surface area contributed by atoms with Gasteiger partial charge in [0.05, 0.1) is 6.61 Å². The molecule has 2 N–H and O–H groups in total. The predicted molar refractivity (Wildman–Crippen MR) is 92.3 cm³/mol. The van der Waals surface area contributed by atoms with Crippen LogP contribution in [0.25, 0.3) is 0 Å². The Morgan fingerprint density at radius 3 is 2.88 bits per heavy atom. The number of rotatable bonds is 6. The second kappa shape index (κ2) is 10.1. The summed E-state index contributed by atoms with van der Waals surface area (Å²) in [5.41, 5.74) is 0.900. The number of ether oxygens (including phenoxy) is 2. The summed E-state index contributed by atoms with van der Waals surface area (Å²) < 4.78 is 10.9. The molecule has 1 atom stereocenters. The molecule has 0 aromatic heterocycles. The highest BCUT2D eigenvalue weighted by atomic mass is 35.5. The smallest absolute Gasteiger partial charge is 0.259 e. The molecule has 2 rings (SSSR count). The number of likely N-dealkylation sites (N-methyl/N-ethyl adjacent to an activating group) is 1. The molecule has 1 saturated heterocycles. The SMILES string of the molecule is CN(C)C(=O)COc1cccc(CNC(=O)C2CNCCO2)c1.Cl. The third-order valence-corrected chi connectivity index (χ3v) is 3.45. The van der Waals surface area contributed by atoms with E-state index in [1.807, 2.05) is 18.2 Å². The highest BCUT2D eigenvalue weighted by Gasteiger charge is 2.21. The molecule has 24 heavy (non-hydrogen) atoms. The maximum atomic E-state index is 12.0. The quantitative estimate of drug-likeness (QED) is 0.759. The highest BCUT2D eigenvalue weighted by Crippen LogP contribution is 2.13. The van der Waals surface area contributed by atoms with Gasteiger partial charge in [-0.3, -0.25) is 9.59 Å². The first-order valence-corrected chi connectivity index (χ1v) is 7.58. The van der Waals surface area contributed by atoms with Crippen LogP contribution in [0.15, 0.2) is 24.3 Å². The van der Waals surface area contributed by atoms with Gasteiger partial charge in [-0.2, -0.15) is 0 Å². The van der Waals surface area contributed by atoms with Crippen LogP contribution >= 0.6 is 12.4 Å². The molecular weight excluding hydrogens is 334 g/mol. The van der Waals surface area contributed by atoms with Crippen molar-refractivity contribution in [2.24, 2.45) is 0 Å². The number of amides is 2. The molecule has 7 nitrogen and oxygen atoms in total. The third kappa shape index (κ3) is 6.35. The van der Waals surface area contributed by atoms with Crippen LogP contribution in [-0.4, -0.2) is 63.2 Å². The molecule has 0 bridgehead atoms. The third-order valence-electron chi connectivity index (χ3n) is 3.45.